The average Bonchev–Trinajstić information content (AvgIpc) is 2.81. The maximum absolute atomic E-state index is 12.3. The number of carbonyl (C=O) groups is 1. The van der Waals surface area contributed by atoms with Gasteiger partial charge in [-0.1, -0.05) is 36.8 Å². The fourth-order valence-corrected chi connectivity index (χ4v) is 3.14. The molecule has 0 fully saturated rings. The van der Waals surface area contributed by atoms with E-state index in [1.165, 1.54) is 11.1 Å². The Balaban J connectivity index is 1.70. The van der Waals surface area contributed by atoms with Crippen LogP contribution in [0, 0.1) is 0 Å². The summed E-state index contributed by atoms with van der Waals surface area (Å²) in [7, 11) is 0. The number of fused-ring (bicyclic) bond motifs is 1. The summed E-state index contributed by atoms with van der Waals surface area (Å²) in [6, 6.07) is 11.3. The standard InChI is InChI=1S/C19H23N3O2/c1-14(15-8-4-2-5-9-15)20-18(23)13-22-19(24)12-16-10-6-3-7-11-17(16)21-22/h2,4-5,8-9,12,14H,3,6-7,10-11,13H2,1H3,(H,20,23)/t14-/m0/s1. The van der Waals surface area contributed by atoms with Gasteiger partial charge in [0.25, 0.3) is 5.56 Å². The van der Waals surface area contributed by atoms with Crippen molar-refractivity contribution in [1.29, 1.82) is 0 Å². The normalized spacial score (nSPS) is 15.2. The summed E-state index contributed by atoms with van der Waals surface area (Å²) in [5.74, 6) is -0.200. The number of nitrogens with zero attached hydrogens (tertiary/aromatic N) is 2. The van der Waals surface area contributed by atoms with Crippen LogP contribution < -0.4 is 10.9 Å². The van der Waals surface area contributed by atoms with Crippen LogP contribution in [0.5, 0.6) is 0 Å². The molecule has 1 atom stereocenters. The van der Waals surface area contributed by atoms with E-state index in [2.05, 4.69) is 10.4 Å². The van der Waals surface area contributed by atoms with Crippen LogP contribution in [-0.2, 0) is 24.2 Å². The van der Waals surface area contributed by atoms with Gasteiger partial charge in [0.2, 0.25) is 5.91 Å². The van der Waals surface area contributed by atoms with Gasteiger partial charge in [0, 0.05) is 6.07 Å². The van der Waals surface area contributed by atoms with Gasteiger partial charge < -0.3 is 5.32 Å². The number of aryl methyl sites for hydroxylation is 2. The number of aromatic nitrogens is 2. The molecule has 0 spiro atoms. The van der Waals surface area contributed by atoms with E-state index in [-0.39, 0.29) is 24.1 Å². The molecule has 0 aliphatic heterocycles. The zero-order chi connectivity index (χ0) is 16.9. The number of amides is 1. The average molecular weight is 325 g/mol. The summed E-state index contributed by atoms with van der Waals surface area (Å²) in [5, 5.41) is 7.36. The van der Waals surface area contributed by atoms with Crippen LogP contribution in [0.4, 0.5) is 0 Å². The van der Waals surface area contributed by atoms with Crippen molar-refractivity contribution >= 4 is 5.91 Å². The van der Waals surface area contributed by atoms with Gasteiger partial charge in [-0.3, -0.25) is 9.59 Å². The van der Waals surface area contributed by atoms with Crippen LogP contribution in [0.15, 0.2) is 41.2 Å². The number of hydrogen-bond donors (Lipinski definition) is 1. The van der Waals surface area contributed by atoms with E-state index < -0.39 is 0 Å². The summed E-state index contributed by atoms with van der Waals surface area (Å²) >= 11 is 0. The first-order valence-electron chi connectivity index (χ1n) is 8.58. The maximum atomic E-state index is 12.3. The third-order valence-electron chi connectivity index (χ3n) is 4.49. The highest BCUT2D eigenvalue weighted by atomic mass is 16.2. The summed E-state index contributed by atoms with van der Waals surface area (Å²) in [6.45, 7) is 1.89. The minimum Gasteiger partial charge on any atom is -0.348 e. The lowest BCUT2D eigenvalue weighted by molar-refractivity contribution is -0.122. The Morgan fingerprint density at radius 3 is 2.75 bits per heavy atom. The molecule has 1 aromatic heterocycles. The molecule has 1 aliphatic rings. The molecule has 1 aliphatic carbocycles. The molecule has 2 aromatic rings. The quantitative estimate of drug-likeness (QED) is 0.878. The Morgan fingerprint density at radius 2 is 1.96 bits per heavy atom. The molecule has 5 heteroatoms. The minimum absolute atomic E-state index is 0.0384. The zero-order valence-electron chi connectivity index (χ0n) is 14.0. The molecule has 0 radical (unpaired) electrons. The molecule has 1 heterocycles. The van der Waals surface area contributed by atoms with Crippen molar-refractivity contribution in [1.82, 2.24) is 15.1 Å². The second kappa shape index (κ2) is 7.43. The van der Waals surface area contributed by atoms with Crippen LogP contribution in [-0.4, -0.2) is 15.7 Å². The number of benzene rings is 1. The lowest BCUT2D eigenvalue weighted by Gasteiger charge is -2.15. The van der Waals surface area contributed by atoms with Crippen LogP contribution >= 0.6 is 0 Å². The van der Waals surface area contributed by atoms with E-state index in [1.54, 1.807) is 6.07 Å². The Labute approximate surface area is 141 Å². The molecule has 126 valence electrons. The molecule has 0 unspecified atom stereocenters. The first kappa shape index (κ1) is 16.4. The minimum atomic E-state index is -0.200. The zero-order valence-corrected chi connectivity index (χ0v) is 14.0. The Morgan fingerprint density at radius 1 is 1.21 bits per heavy atom. The van der Waals surface area contributed by atoms with Crippen molar-refractivity contribution < 1.29 is 4.79 Å². The monoisotopic (exact) mass is 325 g/mol. The Bertz CT molecular complexity index is 768. The summed E-state index contributed by atoms with van der Waals surface area (Å²) in [4.78, 5) is 24.5. The summed E-state index contributed by atoms with van der Waals surface area (Å²) in [6.07, 6.45) is 5.16. The molecule has 0 bridgehead atoms. The van der Waals surface area contributed by atoms with E-state index in [4.69, 9.17) is 0 Å². The predicted molar refractivity (Wildman–Crippen MR) is 92.8 cm³/mol. The topological polar surface area (TPSA) is 64.0 Å². The van der Waals surface area contributed by atoms with Crippen molar-refractivity contribution in [2.24, 2.45) is 0 Å². The van der Waals surface area contributed by atoms with Crippen molar-refractivity contribution in [2.75, 3.05) is 0 Å². The number of rotatable bonds is 4. The van der Waals surface area contributed by atoms with Crippen molar-refractivity contribution in [3.8, 4) is 0 Å². The third-order valence-corrected chi connectivity index (χ3v) is 4.49. The van der Waals surface area contributed by atoms with E-state index in [0.29, 0.717) is 0 Å². The lowest BCUT2D eigenvalue weighted by Crippen LogP contribution is -2.35. The van der Waals surface area contributed by atoms with Gasteiger partial charge >= 0.3 is 0 Å². The van der Waals surface area contributed by atoms with Crippen molar-refractivity contribution in [2.45, 2.75) is 51.6 Å². The maximum Gasteiger partial charge on any atom is 0.267 e. The Hall–Kier alpha value is -2.43. The smallest absolute Gasteiger partial charge is 0.267 e. The highest BCUT2D eigenvalue weighted by molar-refractivity contribution is 5.76. The van der Waals surface area contributed by atoms with Gasteiger partial charge in [0.1, 0.15) is 6.54 Å². The number of carbonyl (C=O) groups excluding carboxylic acids is 1. The van der Waals surface area contributed by atoms with E-state index in [1.807, 2.05) is 37.3 Å². The highest BCUT2D eigenvalue weighted by Crippen LogP contribution is 2.17. The third kappa shape index (κ3) is 3.91. The fourth-order valence-electron chi connectivity index (χ4n) is 3.14. The molecule has 24 heavy (non-hydrogen) atoms. The van der Waals surface area contributed by atoms with Crippen LogP contribution in [0.1, 0.15) is 49.0 Å². The van der Waals surface area contributed by atoms with Crippen LogP contribution in [0.2, 0.25) is 0 Å². The molecule has 1 amide bonds. The molecule has 1 aromatic carbocycles. The van der Waals surface area contributed by atoms with Gasteiger partial charge in [-0.2, -0.15) is 5.10 Å². The van der Waals surface area contributed by atoms with E-state index in [9.17, 15) is 9.59 Å². The molecule has 5 nitrogen and oxygen atoms in total. The van der Waals surface area contributed by atoms with E-state index in [0.717, 1.165) is 42.5 Å². The summed E-state index contributed by atoms with van der Waals surface area (Å²) < 4.78 is 1.29. The van der Waals surface area contributed by atoms with Gasteiger partial charge in [-0.25, -0.2) is 4.68 Å². The largest absolute Gasteiger partial charge is 0.348 e. The van der Waals surface area contributed by atoms with Crippen molar-refractivity contribution in [3.63, 3.8) is 0 Å². The Kier molecular flexibility index (Phi) is 5.08. The van der Waals surface area contributed by atoms with Gasteiger partial charge in [0.15, 0.2) is 0 Å². The van der Waals surface area contributed by atoms with E-state index >= 15 is 0 Å². The lowest BCUT2D eigenvalue weighted by atomic mass is 10.1. The second-order valence-electron chi connectivity index (χ2n) is 6.37. The highest BCUT2D eigenvalue weighted by Gasteiger charge is 2.15. The predicted octanol–water partition coefficient (Wildman–Crippen LogP) is 2.39. The van der Waals surface area contributed by atoms with Gasteiger partial charge in [-0.15, -0.1) is 0 Å². The molecular formula is C19H23N3O2. The first-order valence-corrected chi connectivity index (χ1v) is 8.58. The van der Waals surface area contributed by atoms with Gasteiger partial charge in [-0.05, 0) is 43.7 Å². The van der Waals surface area contributed by atoms with Crippen LogP contribution in [0.3, 0.4) is 0 Å². The molecule has 1 N–H and O–H groups in total. The fraction of sp³-hybridized carbons (Fsp3) is 0.421. The van der Waals surface area contributed by atoms with Gasteiger partial charge in [0.05, 0.1) is 11.7 Å². The molecular weight excluding hydrogens is 302 g/mol. The molecule has 0 saturated carbocycles. The van der Waals surface area contributed by atoms with Crippen LogP contribution in [0.25, 0.3) is 0 Å². The first-order chi connectivity index (χ1) is 11.6. The number of hydrogen-bond acceptors (Lipinski definition) is 3. The van der Waals surface area contributed by atoms with Crippen molar-refractivity contribution in [3.05, 3.63) is 63.6 Å². The molecule has 3 rings (SSSR count). The summed E-state index contributed by atoms with van der Waals surface area (Å²) in [5.41, 5.74) is 2.86. The SMILES string of the molecule is C[C@H](NC(=O)Cn1nc2c(cc1=O)CCCCC2)c1ccccc1. The number of nitrogens with one attached hydrogen (secondary N) is 1. The second-order valence-corrected chi connectivity index (χ2v) is 6.37. The molecule has 0 saturated heterocycles.